The molecule has 0 radical (unpaired) electrons. The minimum absolute atomic E-state index is 0.00860. The van der Waals surface area contributed by atoms with Crippen LogP contribution in [0.4, 0.5) is 0 Å². The largest absolute Gasteiger partial charge is 0.472 e. The maximum Gasteiger partial charge on any atom is 0.472 e. The Hall–Kier alpha value is -0.990. The van der Waals surface area contributed by atoms with Gasteiger partial charge in [-0.2, -0.15) is 0 Å². The number of phosphoric ester groups is 1. The Balaban J connectivity index is 4.58. The molecular weight excluding hydrogens is 401 g/mol. The molecule has 0 bridgehead atoms. The number of rotatable bonds is 18. The fraction of sp³-hybridized carbons (Fsp3) is 0.895. The quantitative estimate of drug-likeness (QED) is 0.195. The molecule has 0 aromatic heterocycles. The van der Waals surface area contributed by atoms with Crippen molar-refractivity contribution >= 4 is 19.8 Å². The van der Waals surface area contributed by atoms with Gasteiger partial charge in [0.15, 0.2) is 6.10 Å². The van der Waals surface area contributed by atoms with Gasteiger partial charge in [-0.05, 0) is 26.9 Å². The molecule has 0 spiro atoms. The van der Waals surface area contributed by atoms with Crippen LogP contribution in [0.2, 0.25) is 0 Å². The summed E-state index contributed by atoms with van der Waals surface area (Å²) in [5, 5.41) is 0. The second-order valence-electron chi connectivity index (χ2n) is 7.11. The Morgan fingerprint density at radius 1 is 0.931 bits per heavy atom. The van der Waals surface area contributed by atoms with E-state index in [9.17, 15) is 19.0 Å². The smallest absolute Gasteiger partial charge is 0.462 e. The molecule has 2 unspecified atom stereocenters. The lowest BCUT2D eigenvalue weighted by Crippen LogP contribution is -2.29. The molecule has 1 N–H and O–H groups in total. The van der Waals surface area contributed by atoms with Crippen LogP contribution in [0.15, 0.2) is 0 Å². The van der Waals surface area contributed by atoms with Crippen molar-refractivity contribution in [3.05, 3.63) is 0 Å². The zero-order chi connectivity index (χ0) is 22.1. The van der Waals surface area contributed by atoms with Gasteiger partial charge in [0.05, 0.1) is 13.2 Å². The summed E-state index contributed by atoms with van der Waals surface area (Å²) in [6, 6.07) is 0. The van der Waals surface area contributed by atoms with Gasteiger partial charge in [0.1, 0.15) is 6.61 Å². The molecule has 29 heavy (non-hydrogen) atoms. The first-order valence-electron chi connectivity index (χ1n) is 10.3. The van der Waals surface area contributed by atoms with Crippen molar-refractivity contribution in [1.82, 2.24) is 4.90 Å². The molecule has 0 fully saturated rings. The number of nitrogens with zero attached hydrogens (tertiary/aromatic N) is 1. The maximum atomic E-state index is 12.0. The van der Waals surface area contributed by atoms with Crippen LogP contribution < -0.4 is 0 Å². The van der Waals surface area contributed by atoms with Gasteiger partial charge < -0.3 is 19.3 Å². The first kappa shape index (κ1) is 28.0. The highest BCUT2D eigenvalue weighted by Crippen LogP contribution is 2.43. The number of phosphoric acid groups is 1. The van der Waals surface area contributed by atoms with Gasteiger partial charge in [0, 0.05) is 19.4 Å². The lowest BCUT2D eigenvalue weighted by Gasteiger charge is -2.20. The summed E-state index contributed by atoms with van der Waals surface area (Å²) in [7, 11) is -0.698. The summed E-state index contributed by atoms with van der Waals surface area (Å²) in [4.78, 5) is 35.3. The van der Waals surface area contributed by atoms with E-state index in [2.05, 4.69) is 0 Å². The van der Waals surface area contributed by atoms with Gasteiger partial charge in [0.2, 0.25) is 0 Å². The molecule has 0 saturated heterocycles. The lowest BCUT2D eigenvalue weighted by atomic mass is 10.2. The number of ether oxygens (including phenoxy) is 2. The Labute approximate surface area is 174 Å². The van der Waals surface area contributed by atoms with Crippen molar-refractivity contribution in [1.29, 1.82) is 0 Å². The number of hydrogen-bond donors (Lipinski definition) is 1. The average Bonchev–Trinajstić information content (AvgIpc) is 2.64. The fourth-order valence-corrected chi connectivity index (χ4v) is 2.95. The minimum atomic E-state index is -4.30. The summed E-state index contributed by atoms with van der Waals surface area (Å²) in [6.45, 7) is 3.87. The molecule has 0 aromatic rings. The summed E-state index contributed by atoms with van der Waals surface area (Å²) in [5.74, 6) is -0.865. The first-order valence-corrected chi connectivity index (χ1v) is 11.8. The van der Waals surface area contributed by atoms with E-state index >= 15 is 0 Å². The number of carbonyl (C=O) groups excluding carboxylic acids is 2. The SMILES string of the molecule is CCCCCC(=O)OCC(COP(=O)(O)OCCN(C)C)OC(=O)CCCCC. The molecule has 10 heteroatoms. The zero-order valence-corrected chi connectivity index (χ0v) is 19.2. The van der Waals surface area contributed by atoms with E-state index in [1.165, 1.54) is 0 Å². The van der Waals surface area contributed by atoms with E-state index in [0.29, 0.717) is 13.0 Å². The summed E-state index contributed by atoms with van der Waals surface area (Å²) in [6.07, 6.45) is 4.71. The van der Waals surface area contributed by atoms with Crippen LogP contribution in [0.25, 0.3) is 0 Å². The van der Waals surface area contributed by atoms with E-state index in [-0.39, 0.29) is 26.1 Å². The molecule has 0 aliphatic heterocycles. The lowest BCUT2D eigenvalue weighted by molar-refractivity contribution is -0.161. The Kier molecular flexibility index (Phi) is 16.2. The number of unbranched alkanes of at least 4 members (excludes halogenated alkanes) is 4. The average molecular weight is 439 g/mol. The fourth-order valence-electron chi connectivity index (χ4n) is 2.21. The second kappa shape index (κ2) is 16.8. The summed E-state index contributed by atoms with van der Waals surface area (Å²) in [5.41, 5.74) is 0. The van der Waals surface area contributed by atoms with Gasteiger partial charge in [-0.1, -0.05) is 39.5 Å². The van der Waals surface area contributed by atoms with Crippen LogP contribution in [0.5, 0.6) is 0 Å². The number of esters is 2. The molecule has 0 saturated carbocycles. The second-order valence-corrected chi connectivity index (χ2v) is 8.56. The molecule has 0 aromatic carbocycles. The van der Waals surface area contributed by atoms with Crippen LogP contribution in [0.1, 0.15) is 65.2 Å². The molecule has 0 rings (SSSR count). The molecular formula is C19H38NO8P. The molecule has 2 atom stereocenters. The van der Waals surface area contributed by atoms with E-state index in [1.54, 1.807) is 19.0 Å². The predicted octanol–water partition coefficient (Wildman–Crippen LogP) is 3.30. The standard InChI is InChI=1S/C19H38NO8P/c1-5-7-9-11-18(21)25-15-17(28-19(22)12-10-8-6-2)16-27-29(23,24)26-14-13-20(3)4/h17H,5-16H2,1-4H3,(H,23,24). The van der Waals surface area contributed by atoms with Gasteiger partial charge in [-0.25, -0.2) is 4.57 Å². The molecule has 0 heterocycles. The summed E-state index contributed by atoms with van der Waals surface area (Å²) >= 11 is 0. The van der Waals surface area contributed by atoms with E-state index in [4.69, 9.17) is 18.5 Å². The van der Waals surface area contributed by atoms with Crippen LogP contribution in [0.3, 0.4) is 0 Å². The van der Waals surface area contributed by atoms with E-state index in [1.807, 2.05) is 13.8 Å². The van der Waals surface area contributed by atoms with Crippen molar-refractivity contribution < 1.29 is 37.6 Å². The van der Waals surface area contributed by atoms with Gasteiger partial charge >= 0.3 is 19.8 Å². The number of likely N-dealkylation sites (N-methyl/N-ethyl adjacent to an activating group) is 1. The highest BCUT2D eigenvalue weighted by Gasteiger charge is 2.26. The third-order valence-electron chi connectivity index (χ3n) is 3.91. The van der Waals surface area contributed by atoms with Gasteiger partial charge in [-0.3, -0.25) is 18.6 Å². The van der Waals surface area contributed by atoms with Crippen molar-refractivity contribution in [3.8, 4) is 0 Å². The third-order valence-corrected chi connectivity index (χ3v) is 4.90. The number of carbonyl (C=O) groups is 2. The maximum absolute atomic E-state index is 12.0. The monoisotopic (exact) mass is 439 g/mol. The van der Waals surface area contributed by atoms with Crippen molar-refractivity contribution in [2.24, 2.45) is 0 Å². The predicted molar refractivity (Wildman–Crippen MR) is 109 cm³/mol. The van der Waals surface area contributed by atoms with Crippen molar-refractivity contribution in [2.75, 3.05) is 40.5 Å². The van der Waals surface area contributed by atoms with Crippen LogP contribution in [-0.4, -0.2) is 68.3 Å². The normalized spacial score (nSPS) is 14.4. The zero-order valence-electron chi connectivity index (χ0n) is 18.3. The Bertz CT molecular complexity index is 501. The first-order chi connectivity index (χ1) is 13.7. The summed E-state index contributed by atoms with van der Waals surface area (Å²) < 4.78 is 32.2. The minimum Gasteiger partial charge on any atom is -0.462 e. The molecule has 0 aliphatic carbocycles. The van der Waals surface area contributed by atoms with Crippen molar-refractivity contribution in [3.63, 3.8) is 0 Å². The highest BCUT2D eigenvalue weighted by atomic mass is 31.2. The van der Waals surface area contributed by atoms with Crippen LogP contribution in [-0.2, 0) is 32.7 Å². The molecule has 0 amide bonds. The Morgan fingerprint density at radius 2 is 1.52 bits per heavy atom. The molecule has 0 aliphatic rings. The van der Waals surface area contributed by atoms with Crippen molar-refractivity contribution in [2.45, 2.75) is 71.3 Å². The van der Waals surface area contributed by atoms with E-state index in [0.717, 1.165) is 32.1 Å². The van der Waals surface area contributed by atoms with Gasteiger partial charge in [-0.15, -0.1) is 0 Å². The van der Waals surface area contributed by atoms with Crippen LogP contribution in [0, 0.1) is 0 Å². The van der Waals surface area contributed by atoms with Crippen LogP contribution >= 0.6 is 7.82 Å². The number of hydrogen-bond acceptors (Lipinski definition) is 8. The highest BCUT2D eigenvalue weighted by molar-refractivity contribution is 7.47. The Morgan fingerprint density at radius 3 is 2.07 bits per heavy atom. The van der Waals surface area contributed by atoms with E-state index < -0.39 is 32.5 Å². The molecule has 172 valence electrons. The third kappa shape index (κ3) is 17.6. The van der Waals surface area contributed by atoms with Gasteiger partial charge in [0.25, 0.3) is 0 Å². The molecule has 9 nitrogen and oxygen atoms in total. The topological polar surface area (TPSA) is 112 Å².